The van der Waals surface area contributed by atoms with E-state index in [0.29, 0.717) is 13.0 Å². The first-order valence-corrected chi connectivity index (χ1v) is 10.8. The van der Waals surface area contributed by atoms with Crippen LogP contribution in [0, 0.1) is 5.41 Å². The zero-order valence-corrected chi connectivity index (χ0v) is 21.2. The van der Waals surface area contributed by atoms with E-state index in [1.807, 2.05) is 20.9 Å². The molecule has 0 aliphatic rings. The second-order valence-corrected chi connectivity index (χ2v) is 8.54. The molecule has 0 saturated carbocycles. The second-order valence-electron chi connectivity index (χ2n) is 8.54. The van der Waals surface area contributed by atoms with Crippen LogP contribution >= 0.6 is 0 Å². The molecule has 0 heterocycles. The number of likely N-dealkylation sites (N-methyl/N-ethyl adjacent to an activating group) is 2. The van der Waals surface area contributed by atoms with Gasteiger partial charge in [0.15, 0.2) is 0 Å². The average molecular weight is 430 g/mol. The fourth-order valence-electron chi connectivity index (χ4n) is 2.00. The molecule has 7 heteroatoms. The molecule has 0 bridgehead atoms. The number of rotatable bonds is 9. The highest BCUT2D eigenvalue weighted by molar-refractivity contribution is 5.86. The summed E-state index contributed by atoms with van der Waals surface area (Å²) >= 11 is 0. The van der Waals surface area contributed by atoms with Gasteiger partial charge in [0.25, 0.3) is 0 Å². The highest BCUT2D eigenvalue weighted by Gasteiger charge is 2.35. The summed E-state index contributed by atoms with van der Waals surface area (Å²) in [6.45, 7) is 18.6. The molecule has 178 valence electrons. The second kappa shape index (κ2) is 16.9. The summed E-state index contributed by atoms with van der Waals surface area (Å²) in [4.78, 5) is 33.9. The van der Waals surface area contributed by atoms with Crippen LogP contribution in [0.3, 0.4) is 0 Å². The molecule has 0 radical (unpaired) electrons. The van der Waals surface area contributed by atoms with Crippen molar-refractivity contribution in [3.63, 3.8) is 0 Å². The summed E-state index contributed by atoms with van der Waals surface area (Å²) in [6.07, 6.45) is 4.99. The molecular weight excluding hydrogens is 382 g/mol. The maximum absolute atomic E-state index is 12.2. The van der Waals surface area contributed by atoms with Crippen molar-refractivity contribution in [3.05, 3.63) is 11.6 Å². The van der Waals surface area contributed by atoms with E-state index in [4.69, 9.17) is 5.11 Å². The van der Waals surface area contributed by atoms with E-state index in [-0.39, 0.29) is 22.9 Å². The fraction of sp³-hybridized carbons (Fsp3) is 0.783. The molecule has 0 fully saturated rings. The van der Waals surface area contributed by atoms with Crippen molar-refractivity contribution in [2.45, 2.75) is 93.2 Å². The standard InChI is InChI=1S/C13H28N2O.C7H11NO3.C3H8/c1-8-13(9-2,14-7)11(16)15-10(3)12(4,5)6;1-6(7(10)11)3-4-8(2)5-9;1-3-2/h10,14H,8-9H2,1-7H3,(H,15,16);3,5H,4H2,1-2H3,(H,10,11);3H2,1-2H3/b;6-3+;. The Kier molecular flexibility index (Phi) is 18.4. The van der Waals surface area contributed by atoms with Crippen LogP contribution in [0.1, 0.15) is 81.6 Å². The molecule has 1 unspecified atom stereocenters. The van der Waals surface area contributed by atoms with Crippen molar-refractivity contribution in [2.24, 2.45) is 5.41 Å². The van der Waals surface area contributed by atoms with Gasteiger partial charge < -0.3 is 20.6 Å². The normalized spacial score (nSPS) is 12.4. The molecule has 0 aromatic carbocycles. The Morgan fingerprint density at radius 1 is 1.10 bits per heavy atom. The van der Waals surface area contributed by atoms with Crippen LogP contribution in [-0.4, -0.2) is 60.5 Å². The number of aliphatic carboxylic acids is 1. The van der Waals surface area contributed by atoms with E-state index in [9.17, 15) is 14.4 Å². The van der Waals surface area contributed by atoms with E-state index in [1.54, 1.807) is 7.05 Å². The van der Waals surface area contributed by atoms with Crippen LogP contribution in [0.2, 0.25) is 0 Å². The minimum Gasteiger partial charge on any atom is -0.478 e. The number of hydrogen-bond donors (Lipinski definition) is 3. The van der Waals surface area contributed by atoms with Crippen molar-refractivity contribution in [1.82, 2.24) is 15.5 Å². The van der Waals surface area contributed by atoms with E-state index >= 15 is 0 Å². The molecule has 30 heavy (non-hydrogen) atoms. The number of carboxylic acids is 1. The van der Waals surface area contributed by atoms with Crippen LogP contribution in [0.25, 0.3) is 0 Å². The third kappa shape index (κ3) is 14.1. The monoisotopic (exact) mass is 429 g/mol. The Hall–Kier alpha value is -1.89. The first-order chi connectivity index (χ1) is 13.7. The van der Waals surface area contributed by atoms with Gasteiger partial charge in [-0.3, -0.25) is 9.59 Å². The van der Waals surface area contributed by atoms with Crippen LogP contribution < -0.4 is 10.6 Å². The largest absolute Gasteiger partial charge is 0.478 e. The molecule has 0 aliphatic carbocycles. The van der Waals surface area contributed by atoms with Gasteiger partial charge in [0.2, 0.25) is 12.3 Å². The molecule has 2 amide bonds. The van der Waals surface area contributed by atoms with Gasteiger partial charge in [-0.05, 0) is 39.2 Å². The molecule has 7 nitrogen and oxygen atoms in total. The molecule has 0 aliphatic heterocycles. The SMILES string of the molecule is C/C(=C\CN(C)C=O)C(=O)O.CCC.CCC(CC)(NC)C(=O)NC(C)C(C)(C)C. The fourth-order valence-corrected chi connectivity index (χ4v) is 2.00. The summed E-state index contributed by atoms with van der Waals surface area (Å²) in [7, 11) is 3.44. The molecule has 0 rings (SSSR count). The molecule has 0 spiro atoms. The van der Waals surface area contributed by atoms with Crippen molar-refractivity contribution in [3.8, 4) is 0 Å². The van der Waals surface area contributed by atoms with E-state index in [2.05, 4.69) is 52.2 Å². The van der Waals surface area contributed by atoms with Crippen molar-refractivity contribution in [1.29, 1.82) is 0 Å². The minimum atomic E-state index is -0.954. The molecule has 0 aromatic heterocycles. The van der Waals surface area contributed by atoms with Crippen LogP contribution in [0.5, 0.6) is 0 Å². The first-order valence-electron chi connectivity index (χ1n) is 10.8. The summed E-state index contributed by atoms with van der Waals surface area (Å²) in [5, 5.41) is 14.7. The number of hydrogen-bond acceptors (Lipinski definition) is 4. The maximum Gasteiger partial charge on any atom is 0.331 e. The van der Waals surface area contributed by atoms with Gasteiger partial charge in [0.1, 0.15) is 0 Å². The minimum absolute atomic E-state index is 0.0939. The summed E-state index contributed by atoms with van der Waals surface area (Å²) < 4.78 is 0. The number of nitrogens with one attached hydrogen (secondary N) is 2. The van der Waals surface area contributed by atoms with Gasteiger partial charge in [0.05, 0.1) is 5.54 Å². The van der Waals surface area contributed by atoms with Gasteiger partial charge in [-0.25, -0.2) is 4.79 Å². The lowest BCUT2D eigenvalue weighted by Crippen LogP contribution is -2.58. The highest BCUT2D eigenvalue weighted by atomic mass is 16.4. The zero-order chi connectivity index (χ0) is 24.5. The highest BCUT2D eigenvalue weighted by Crippen LogP contribution is 2.21. The Bertz CT molecular complexity index is 513. The number of amides is 2. The third-order valence-electron chi connectivity index (χ3n) is 4.97. The van der Waals surface area contributed by atoms with Gasteiger partial charge in [0, 0.05) is 25.2 Å². The number of carboxylic acid groups (broad SMARTS) is 1. The smallest absolute Gasteiger partial charge is 0.331 e. The Labute approximate surface area is 184 Å². The lowest BCUT2D eigenvalue weighted by atomic mass is 9.86. The number of carbonyl (C=O) groups is 3. The average Bonchev–Trinajstić information content (AvgIpc) is 2.67. The summed E-state index contributed by atoms with van der Waals surface area (Å²) in [6, 6.07) is 0.172. The molecule has 3 N–H and O–H groups in total. The zero-order valence-electron chi connectivity index (χ0n) is 21.2. The molecule has 0 aromatic rings. The quantitative estimate of drug-likeness (QED) is 0.382. The molecular formula is C23H47N3O4. The van der Waals surface area contributed by atoms with E-state index < -0.39 is 11.5 Å². The maximum atomic E-state index is 12.2. The third-order valence-corrected chi connectivity index (χ3v) is 4.97. The predicted octanol–water partition coefficient (Wildman–Crippen LogP) is 3.84. The topological polar surface area (TPSA) is 98.7 Å². The number of carbonyl (C=O) groups excluding carboxylic acids is 2. The predicted molar refractivity (Wildman–Crippen MR) is 125 cm³/mol. The number of nitrogens with zero attached hydrogens (tertiary/aromatic N) is 1. The lowest BCUT2D eigenvalue weighted by molar-refractivity contribution is -0.132. The summed E-state index contributed by atoms with van der Waals surface area (Å²) in [5.74, 6) is -0.841. The Morgan fingerprint density at radius 2 is 1.53 bits per heavy atom. The Balaban J connectivity index is -0.000000451. The van der Waals surface area contributed by atoms with Gasteiger partial charge in [-0.15, -0.1) is 0 Å². The first kappa shape index (κ1) is 32.8. The van der Waals surface area contributed by atoms with Crippen molar-refractivity contribution in [2.75, 3.05) is 20.6 Å². The van der Waals surface area contributed by atoms with Gasteiger partial charge >= 0.3 is 5.97 Å². The van der Waals surface area contributed by atoms with Gasteiger partial charge in [-0.2, -0.15) is 0 Å². The summed E-state index contributed by atoms with van der Waals surface area (Å²) in [5.41, 5.74) is -0.0745. The van der Waals surface area contributed by atoms with E-state index in [0.717, 1.165) is 12.8 Å². The van der Waals surface area contributed by atoms with Crippen LogP contribution in [0.15, 0.2) is 11.6 Å². The van der Waals surface area contributed by atoms with Crippen molar-refractivity contribution < 1.29 is 19.5 Å². The molecule has 1 atom stereocenters. The lowest BCUT2D eigenvalue weighted by Gasteiger charge is -2.35. The van der Waals surface area contributed by atoms with Crippen LogP contribution in [-0.2, 0) is 14.4 Å². The Morgan fingerprint density at radius 3 is 1.80 bits per heavy atom. The molecule has 0 saturated heterocycles. The van der Waals surface area contributed by atoms with E-state index in [1.165, 1.54) is 24.3 Å². The van der Waals surface area contributed by atoms with Gasteiger partial charge in [-0.1, -0.05) is 61.0 Å². The van der Waals surface area contributed by atoms with Crippen LogP contribution in [0.4, 0.5) is 0 Å². The van der Waals surface area contributed by atoms with Crippen molar-refractivity contribution >= 4 is 18.3 Å².